The third kappa shape index (κ3) is 4.48. The van der Waals surface area contributed by atoms with Crippen molar-refractivity contribution in [1.29, 1.82) is 0 Å². The number of nitro groups is 1. The lowest BCUT2D eigenvalue weighted by molar-refractivity contribution is -0.387. The van der Waals surface area contributed by atoms with Crippen molar-refractivity contribution in [3.63, 3.8) is 0 Å². The highest BCUT2D eigenvalue weighted by Gasteiger charge is 2.35. The van der Waals surface area contributed by atoms with E-state index in [1.54, 1.807) is 30.3 Å². The van der Waals surface area contributed by atoms with Crippen molar-refractivity contribution in [3.05, 3.63) is 124 Å². The van der Waals surface area contributed by atoms with Crippen molar-refractivity contribution in [2.75, 3.05) is 10.2 Å². The van der Waals surface area contributed by atoms with Gasteiger partial charge in [-0.3, -0.25) is 19.8 Å². The molecular formula is C27H20FN3O3S. The first kappa shape index (κ1) is 22.6. The van der Waals surface area contributed by atoms with Crippen LogP contribution in [-0.4, -0.2) is 10.8 Å². The predicted octanol–water partition coefficient (Wildman–Crippen LogP) is 6.96. The minimum Gasteiger partial charge on any atom is -0.360 e. The Morgan fingerprint density at radius 2 is 1.69 bits per heavy atom. The number of hydrogen-bond acceptors (Lipinski definition) is 5. The molecule has 1 aliphatic heterocycles. The van der Waals surface area contributed by atoms with Crippen LogP contribution in [0, 0.1) is 22.9 Å². The normalized spacial score (nSPS) is 14.9. The van der Waals surface area contributed by atoms with Gasteiger partial charge in [-0.25, -0.2) is 4.39 Å². The summed E-state index contributed by atoms with van der Waals surface area (Å²) in [5, 5.41) is 15.3. The second-order valence-corrected chi connectivity index (χ2v) is 9.26. The first-order valence-electron chi connectivity index (χ1n) is 10.9. The van der Waals surface area contributed by atoms with Crippen LogP contribution in [0.2, 0.25) is 0 Å². The topological polar surface area (TPSA) is 75.5 Å². The summed E-state index contributed by atoms with van der Waals surface area (Å²) >= 11 is 1.31. The van der Waals surface area contributed by atoms with Crippen LogP contribution in [0.1, 0.15) is 27.7 Å². The van der Waals surface area contributed by atoms with Crippen molar-refractivity contribution < 1.29 is 14.1 Å². The number of rotatable bonds is 5. The molecule has 4 aromatic carbocycles. The van der Waals surface area contributed by atoms with Gasteiger partial charge < -0.3 is 5.32 Å². The molecule has 1 N–H and O–H groups in total. The summed E-state index contributed by atoms with van der Waals surface area (Å²) in [5.74, 6) is -0.701. The number of nitro benzene ring substituents is 1. The molecule has 0 fully saturated rings. The number of anilines is 2. The summed E-state index contributed by atoms with van der Waals surface area (Å²) in [6, 6.07) is 25.4. The van der Waals surface area contributed by atoms with E-state index in [0.29, 0.717) is 27.4 Å². The lowest BCUT2D eigenvalue weighted by atomic mass is 10.0. The van der Waals surface area contributed by atoms with Crippen LogP contribution in [0.15, 0.2) is 101 Å². The van der Waals surface area contributed by atoms with E-state index in [9.17, 15) is 19.3 Å². The zero-order chi connectivity index (χ0) is 24.5. The Morgan fingerprint density at radius 1 is 0.971 bits per heavy atom. The molecule has 0 aromatic heterocycles. The minimum atomic E-state index is -0.722. The van der Waals surface area contributed by atoms with Crippen molar-refractivity contribution >= 4 is 34.7 Å². The number of fused-ring (bicyclic) bond motifs is 1. The van der Waals surface area contributed by atoms with Gasteiger partial charge in [0, 0.05) is 27.9 Å². The van der Waals surface area contributed by atoms with E-state index in [-0.39, 0.29) is 11.6 Å². The number of nitrogens with one attached hydrogen (secondary N) is 1. The average Bonchev–Trinajstić information content (AvgIpc) is 2.86. The van der Waals surface area contributed by atoms with Crippen molar-refractivity contribution in [2.24, 2.45) is 0 Å². The van der Waals surface area contributed by atoms with E-state index in [1.807, 2.05) is 37.3 Å². The van der Waals surface area contributed by atoms with Gasteiger partial charge in [0.1, 0.15) is 12.0 Å². The number of hydrogen-bond donors (Lipinski definition) is 1. The van der Waals surface area contributed by atoms with Gasteiger partial charge in [-0.2, -0.15) is 0 Å². The Morgan fingerprint density at radius 3 is 2.40 bits per heavy atom. The summed E-state index contributed by atoms with van der Waals surface area (Å²) in [6.45, 7) is 1.98. The van der Waals surface area contributed by atoms with Gasteiger partial charge in [0.25, 0.3) is 11.6 Å². The largest absolute Gasteiger partial charge is 0.360 e. The zero-order valence-electron chi connectivity index (χ0n) is 18.6. The van der Waals surface area contributed by atoms with Gasteiger partial charge in [0.2, 0.25) is 0 Å². The van der Waals surface area contributed by atoms with Gasteiger partial charge in [0.05, 0.1) is 15.4 Å². The molecule has 0 bridgehead atoms. The molecule has 0 radical (unpaired) electrons. The molecule has 0 aliphatic carbocycles. The van der Waals surface area contributed by atoms with Gasteiger partial charge in [-0.1, -0.05) is 47.7 Å². The van der Waals surface area contributed by atoms with Gasteiger partial charge in [-0.15, -0.1) is 0 Å². The number of benzene rings is 4. The van der Waals surface area contributed by atoms with Crippen molar-refractivity contribution in [2.45, 2.75) is 22.9 Å². The molecular weight excluding hydrogens is 465 g/mol. The molecule has 1 amide bonds. The summed E-state index contributed by atoms with van der Waals surface area (Å²) in [4.78, 5) is 28.0. The zero-order valence-corrected chi connectivity index (χ0v) is 19.5. The van der Waals surface area contributed by atoms with Crippen LogP contribution in [-0.2, 0) is 0 Å². The highest BCUT2D eigenvalue weighted by molar-refractivity contribution is 7.99. The fourth-order valence-electron chi connectivity index (χ4n) is 4.02. The lowest BCUT2D eigenvalue weighted by Gasteiger charge is -2.38. The highest BCUT2D eigenvalue weighted by atomic mass is 32.2. The van der Waals surface area contributed by atoms with E-state index < -0.39 is 16.9 Å². The maximum absolute atomic E-state index is 13.6. The third-order valence-electron chi connectivity index (χ3n) is 5.78. The second-order valence-electron chi connectivity index (χ2n) is 8.14. The predicted molar refractivity (Wildman–Crippen MR) is 134 cm³/mol. The van der Waals surface area contributed by atoms with Crippen LogP contribution >= 0.6 is 11.8 Å². The van der Waals surface area contributed by atoms with Gasteiger partial charge >= 0.3 is 0 Å². The SMILES string of the molecule is Cc1ccc(Sc2ccc([C@H]3Nc4ccccc4C(=O)N3c3ccc(F)cc3)cc2[N+](=O)[O-])cc1. The Hall–Kier alpha value is -4.17. The molecule has 8 heteroatoms. The monoisotopic (exact) mass is 485 g/mol. The maximum Gasteiger partial charge on any atom is 0.283 e. The molecule has 174 valence electrons. The summed E-state index contributed by atoms with van der Waals surface area (Å²) < 4.78 is 13.6. The standard InChI is InChI=1S/C27H20FN3O3S/c1-17-6-13-21(14-7-17)35-25-15-8-18(16-24(25)31(33)34)26-29-23-5-3-2-4-22(23)27(32)30(26)20-11-9-19(28)10-12-20/h2-16,26,29H,1H3/t26-/m0/s1. The number of halogens is 1. The fourth-order valence-corrected chi connectivity index (χ4v) is 4.92. The Kier molecular flexibility index (Phi) is 5.96. The van der Waals surface area contributed by atoms with Crippen molar-refractivity contribution in [1.82, 2.24) is 0 Å². The number of carbonyl (C=O) groups excluding carboxylic acids is 1. The Bertz CT molecular complexity index is 1420. The third-order valence-corrected chi connectivity index (χ3v) is 6.85. The van der Waals surface area contributed by atoms with E-state index in [2.05, 4.69) is 5.32 Å². The molecule has 5 rings (SSSR count). The molecule has 1 aliphatic rings. The molecule has 6 nitrogen and oxygen atoms in total. The summed E-state index contributed by atoms with van der Waals surface area (Å²) in [6.07, 6.45) is -0.722. The van der Waals surface area contributed by atoms with E-state index in [0.717, 1.165) is 10.5 Å². The van der Waals surface area contributed by atoms with Gasteiger partial charge in [-0.05, 0) is 61.5 Å². The average molecular weight is 486 g/mol. The van der Waals surface area contributed by atoms with Crippen LogP contribution in [0.5, 0.6) is 0 Å². The number of nitrogens with zero attached hydrogens (tertiary/aromatic N) is 2. The molecule has 1 atom stereocenters. The number of para-hydroxylation sites is 1. The smallest absolute Gasteiger partial charge is 0.283 e. The van der Waals surface area contributed by atoms with Crippen LogP contribution in [0.25, 0.3) is 0 Å². The molecule has 0 saturated carbocycles. The molecule has 35 heavy (non-hydrogen) atoms. The van der Waals surface area contributed by atoms with Crippen molar-refractivity contribution in [3.8, 4) is 0 Å². The highest BCUT2D eigenvalue weighted by Crippen LogP contribution is 2.41. The number of amides is 1. The van der Waals surface area contributed by atoms with E-state index in [4.69, 9.17) is 0 Å². The lowest BCUT2D eigenvalue weighted by Crippen LogP contribution is -2.43. The Balaban J connectivity index is 1.58. The van der Waals surface area contributed by atoms with E-state index in [1.165, 1.54) is 47.0 Å². The first-order chi connectivity index (χ1) is 16.9. The summed E-state index contributed by atoms with van der Waals surface area (Å²) in [5.41, 5.74) is 3.16. The molecule has 4 aromatic rings. The number of carbonyl (C=O) groups is 1. The van der Waals surface area contributed by atoms with Crippen LogP contribution in [0.4, 0.5) is 21.5 Å². The molecule has 1 heterocycles. The molecule has 0 saturated heterocycles. The van der Waals surface area contributed by atoms with Gasteiger partial charge in [0.15, 0.2) is 0 Å². The van der Waals surface area contributed by atoms with E-state index >= 15 is 0 Å². The first-order valence-corrected chi connectivity index (χ1v) is 11.7. The minimum absolute atomic E-state index is 0.0553. The number of aryl methyl sites for hydroxylation is 1. The van der Waals surface area contributed by atoms with Crippen LogP contribution in [0.3, 0.4) is 0 Å². The molecule has 0 spiro atoms. The van der Waals surface area contributed by atoms with Crippen LogP contribution < -0.4 is 10.2 Å². The Labute approximate surface area is 205 Å². The fraction of sp³-hybridized carbons (Fsp3) is 0.0741. The molecule has 0 unspecified atom stereocenters. The summed E-state index contributed by atoms with van der Waals surface area (Å²) in [7, 11) is 0. The quantitative estimate of drug-likeness (QED) is 0.244. The second kappa shape index (κ2) is 9.23. The maximum atomic E-state index is 13.6.